The van der Waals surface area contributed by atoms with Gasteiger partial charge in [-0.2, -0.15) is 0 Å². The van der Waals surface area contributed by atoms with Gasteiger partial charge in [0, 0.05) is 16.3 Å². The first-order valence-electron chi connectivity index (χ1n) is 7.32. The Morgan fingerprint density at radius 2 is 2.00 bits per heavy atom. The summed E-state index contributed by atoms with van der Waals surface area (Å²) in [5.41, 5.74) is 1.77. The first-order chi connectivity index (χ1) is 12.1. The molecule has 1 heterocycles. The number of benzene rings is 2. The van der Waals surface area contributed by atoms with Gasteiger partial charge in [0.25, 0.3) is 0 Å². The zero-order valence-corrected chi connectivity index (χ0v) is 15.9. The van der Waals surface area contributed by atoms with Gasteiger partial charge in [-0.15, -0.1) is 5.10 Å². The minimum absolute atomic E-state index is 0.271. The predicted octanol–water partition coefficient (Wildman–Crippen LogP) is 4.68. The average Bonchev–Trinajstić information content (AvgIpc) is 3.09. The van der Waals surface area contributed by atoms with Crippen LogP contribution in [0.25, 0.3) is 11.4 Å². The Balaban J connectivity index is 1.76. The van der Waals surface area contributed by atoms with E-state index < -0.39 is 0 Å². The van der Waals surface area contributed by atoms with Gasteiger partial charge in [-0.3, -0.25) is 5.10 Å². The lowest BCUT2D eigenvalue weighted by atomic mass is 10.2. The fraction of sp³-hybridized carbons (Fsp3) is 0.176. The van der Waals surface area contributed by atoms with E-state index in [2.05, 4.69) is 31.1 Å². The molecule has 0 aliphatic heterocycles. The lowest BCUT2D eigenvalue weighted by Crippen LogP contribution is -1.91. The standard InChI is InChI=1S/C17H15BrFN3O2S/c1-23-12-5-6-13(15(8-12)24-2)16-20-17(22-21-16)25-9-10-3-4-11(19)7-14(10)18/h3-8H,9H2,1-2H3,(H,20,21,22). The molecular weight excluding hydrogens is 409 g/mol. The van der Waals surface area contributed by atoms with Crippen molar-refractivity contribution in [3.63, 3.8) is 0 Å². The van der Waals surface area contributed by atoms with Crippen molar-refractivity contribution in [2.45, 2.75) is 10.9 Å². The molecule has 5 nitrogen and oxygen atoms in total. The molecule has 0 saturated heterocycles. The summed E-state index contributed by atoms with van der Waals surface area (Å²) in [4.78, 5) is 4.49. The van der Waals surface area contributed by atoms with Gasteiger partial charge in [0.1, 0.15) is 17.3 Å². The molecular formula is C17H15BrFN3O2S. The van der Waals surface area contributed by atoms with E-state index in [0.717, 1.165) is 15.6 Å². The quantitative estimate of drug-likeness (QED) is 0.583. The zero-order chi connectivity index (χ0) is 17.8. The third-order valence-corrected chi connectivity index (χ3v) is 5.13. The van der Waals surface area contributed by atoms with Crippen molar-refractivity contribution in [2.24, 2.45) is 0 Å². The maximum atomic E-state index is 13.1. The van der Waals surface area contributed by atoms with E-state index >= 15 is 0 Å². The molecule has 3 rings (SSSR count). The second-order valence-electron chi connectivity index (χ2n) is 5.06. The second kappa shape index (κ2) is 7.88. The molecule has 0 aliphatic rings. The summed E-state index contributed by atoms with van der Waals surface area (Å²) in [5, 5.41) is 7.74. The van der Waals surface area contributed by atoms with Crippen LogP contribution in [0.4, 0.5) is 4.39 Å². The highest BCUT2D eigenvalue weighted by Gasteiger charge is 2.13. The summed E-state index contributed by atoms with van der Waals surface area (Å²) in [7, 11) is 3.20. The highest BCUT2D eigenvalue weighted by atomic mass is 79.9. The lowest BCUT2D eigenvalue weighted by Gasteiger charge is -2.07. The van der Waals surface area contributed by atoms with Crippen LogP contribution in [0, 0.1) is 5.82 Å². The molecule has 2 aromatic carbocycles. The van der Waals surface area contributed by atoms with Crippen molar-refractivity contribution >= 4 is 27.7 Å². The van der Waals surface area contributed by atoms with E-state index in [-0.39, 0.29) is 5.82 Å². The number of aromatic amines is 1. The minimum Gasteiger partial charge on any atom is -0.497 e. The number of aromatic nitrogens is 3. The molecule has 3 aromatic rings. The smallest absolute Gasteiger partial charge is 0.209 e. The summed E-state index contributed by atoms with van der Waals surface area (Å²) in [6.07, 6.45) is 0. The number of hydrogen-bond donors (Lipinski definition) is 1. The van der Waals surface area contributed by atoms with Crippen LogP contribution in [0.5, 0.6) is 11.5 Å². The molecule has 0 spiro atoms. The number of rotatable bonds is 6. The van der Waals surface area contributed by atoms with E-state index in [4.69, 9.17) is 9.47 Å². The second-order valence-corrected chi connectivity index (χ2v) is 6.85. The third-order valence-electron chi connectivity index (χ3n) is 3.50. The number of thioether (sulfide) groups is 1. The molecule has 0 fully saturated rings. The number of methoxy groups -OCH3 is 2. The maximum Gasteiger partial charge on any atom is 0.209 e. The van der Waals surface area contributed by atoms with Gasteiger partial charge in [-0.1, -0.05) is 33.8 Å². The van der Waals surface area contributed by atoms with Crippen LogP contribution < -0.4 is 9.47 Å². The van der Waals surface area contributed by atoms with Crippen molar-refractivity contribution in [1.82, 2.24) is 15.2 Å². The molecule has 0 aliphatic carbocycles. The van der Waals surface area contributed by atoms with Gasteiger partial charge in [0.05, 0.1) is 19.8 Å². The van der Waals surface area contributed by atoms with E-state index in [9.17, 15) is 4.39 Å². The van der Waals surface area contributed by atoms with Gasteiger partial charge in [0.15, 0.2) is 5.82 Å². The summed E-state index contributed by atoms with van der Waals surface area (Å²) in [6.45, 7) is 0. The van der Waals surface area contributed by atoms with Gasteiger partial charge in [-0.25, -0.2) is 9.37 Å². The van der Waals surface area contributed by atoms with E-state index in [0.29, 0.717) is 28.2 Å². The normalized spacial score (nSPS) is 10.7. The first kappa shape index (κ1) is 17.8. The van der Waals surface area contributed by atoms with Gasteiger partial charge < -0.3 is 9.47 Å². The Morgan fingerprint density at radius 1 is 1.16 bits per heavy atom. The van der Waals surface area contributed by atoms with Crippen molar-refractivity contribution in [3.05, 3.63) is 52.3 Å². The summed E-state index contributed by atoms with van der Waals surface area (Å²) < 4.78 is 24.5. The van der Waals surface area contributed by atoms with Crippen LogP contribution in [0.2, 0.25) is 0 Å². The van der Waals surface area contributed by atoms with Crippen LogP contribution >= 0.6 is 27.7 Å². The van der Waals surface area contributed by atoms with Crippen molar-refractivity contribution in [1.29, 1.82) is 0 Å². The molecule has 8 heteroatoms. The maximum absolute atomic E-state index is 13.1. The summed E-state index contributed by atoms with van der Waals surface area (Å²) >= 11 is 4.82. The van der Waals surface area contributed by atoms with Gasteiger partial charge in [0.2, 0.25) is 5.16 Å². The number of nitrogens with zero attached hydrogens (tertiary/aromatic N) is 2. The predicted molar refractivity (Wildman–Crippen MR) is 98.6 cm³/mol. The lowest BCUT2D eigenvalue weighted by molar-refractivity contribution is 0.395. The molecule has 0 amide bonds. The highest BCUT2D eigenvalue weighted by Crippen LogP contribution is 2.32. The fourth-order valence-electron chi connectivity index (χ4n) is 2.21. The minimum atomic E-state index is -0.271. The van der Waals surface area contributed by atoms with E-state index in [1.165, 1.54) is 23.9 Å². The third kappa shape index (κ3) is 4.13. The highest BCUT2D eigenvalue weighted by molar-refractivity contribution is 9.10. The van der Waals surface area contributed by atoms with Gasteiger partial charge in [-0.05, 0) is 29.8 Å². The van der Waals surface area contributed by atoms with Crippen LogP contribution in [-0.4, -0.2) is 29.4 Å². The molecule has 0 unspecified atom stereocenters. The summed E-state index contributed by atoms with van der Waals surface area (Å²) in [6, 6.07) is 10.1. The molecule has 0 bridgehead atoms. The Kier molecular flexibility index (Phi) is 5.60. The largest absolute Gasteiger partial charge is 0.497 e. The molecule has 0 radical (unpaired) electrons. The van der Waals surface area contributed by atoms with E-state index in [1.807, 2.05) is 12.1 Å². The molecule has 0 saturated carbocycles. The van der Waals surface area contributed by atoms with Crippen LogP contribution in [0.15, 0.2) is 46.0 Å². The Labute approximate surface area is 157 Å². The van der Waals surface area contributed by atoms with Crippen molar-refractivity contribution < 1.29 is 13.9 Å². The van der Waals surface area contributed by atoms with Crippen molar-refractivity contribution in [3.8, 4) is 22.9 Å². The molecule has 0 atom stereocenters. The number of H-pyrrole nitrogens is 1. The Morgan fingerprint density at radius 3 is 2.72 bits per heavy atom. The van der Waals surface area contributed by atoms with Crippen LogP contribution in [0.1, 0.15) is 5.56 Å². The zero-order valence-electron chi connectivity index (χ0n) is 13.5. The van der Waals surface area contributed by atoms with Crippen molar-refractivity contribution in [2.75, 3.05) is 14.2 Å². The van der Waals surface area contributed by atoms with Gasteiger partial charge >= 0.3 is 0 Å². The number of nitrogens with one attached hydrogen (secondary N) is 1. The Bertz CT molecular complexity index is 888. The monoisotopic (exact) mass is 423 g/mol. The van der Waals surface area contributed by atoms with E-state index in [1.54, 1.807) is 26.4 Å². The topological polar surface area (TPSA) is 60.0 Å². The van der Waals surface area contributed by atoms with Crippen LogP contribution in [-0.2, 0) is 5.75 Å². The fourth-order valence-corrected chi connectivity index (χ4v) is 3.69. The number of hydrogen-bond acceptors (Lipinski definition) is 5. The molecule has 1 N–H and O–H groups in total. The number of ether oxygens (including phenoxy) is 2. The molecule has 130 valence electrons. The first-order valence-corrected chi connectivity index (χ1v) is 9.10. The molecule has 25 heavy (non-hydrogen) atoms. The summed E-state index contributed by atoms with van der Waals surface area (Å²) in [5.74, 6) is 2.31. The molecule has 1 aromatic heterocycles. The number of halogens is 2. The van der Waals surface area contributed by atoms with Crippen LogP contribution in [0.3, 0.4) is 0 Å². The Hall–Kier alpha value is -2.06. The average molecular weight is 424 g/mol. The SMILES string of the molecule is COc1ccc(-c2nc(SCc3ccc(F)cc3Br)n[nH]2)c(OC)c1.